The second-order valence-corrected chi connectivity index (χ2v) is 7.35. The van der Waals surface area contributed by atoms with Gasteiger partial charge in [0, 0.05) is 10.6 Å². The molecule has 1 N–H and O–H groups in total. The maximum absolute atomic E-state index is 12.4. The molecule has 3 aromatic rings. The van der Waals surface area contributed by atoms with Crippen molar-refractivity contribution in [1.29, 1.82) is 0 Å². The average molecular weight is 402 g/mol. The van der Waals surface area contributed by atoms with E-state index < -0.39 is 0 Å². The van der Waals surface area contributed by atoms with Gasteiger partial charge >= 0.3 is 0 Å². The van der Waals surface area contributed by atoms with Crippen LogP contribution in [0.2, 0.25) is 5.02 Å². The van der Waals surface area contributed by atoms with Gasteiger partial charge in [0.2, 0.25) is 11.8 Å². The number of benzene rings is 2. The highest BCUT2D eigenvalue weighted by molar-refractivity contribution is 7.99. The van der Waals surface area contributed by atoms with Gasteiger partial charge in [-0.2, -0.15) is 0 Å². The molecule has 5 nitrogen and oxygen atoms in total. The molecule has 7 heteroatoms. The van der Waals surface area contributed by atoms with Gasteiger partial charge in [0.05, 0.1) is 11.8 Å². The Morgan fingerprint density at radius 1 is 1.15 bits per heavy atom. The summed E-state index contributed by atoms with van der Waals surface area (Å²) in [5.74, 6) is 0.561. The molecule has 0 aliphatic heterocycles. The Bertz CT molecular complexity index is 868. The number of halogens is 1. The minimum atomic E-state index is -0.0615. The Morgan fingerprint density at radius 3 is 2.59 bits per heavy atom. The molecule has 0 aliphatic carbocycles. The van der Waals surface area contributed by atoms with Gasteiger partial charge < -0.3 is 9.73 Å². The maximum atomic E-state index is 12.4. The van der Waals surface area contributed by atoms with Crippen LogP contribution in [0.3, 0.4) is 0 Å². The number of hydrogen-bond donors (Lipinski definition) is 1. The topological polar surface area (TPSA) is 68.0 Å². The summed E-state index contributed by atoms with van der Waals surface area (Å²) >= 11 is 7.11. The predicted molar refractivity (Wildman–Crippen MR) is 108 cm³/mol. The van der Waals surface area contributed by atoms with Crippen LogP contribution >= 0.6 is 23.4 Å². The van der Waals surface area contributed by atoms with Gasteiger partial charge in [-0.1, -0.05) is 67.0 Å². The van der Waals surface area contributed by atoms with Gasteiger partial charge in [-0.05, 0) is 36.2 Å². The summed E-state index contributed by atoms with van der Waals surface area (Å²) in [4.78, 5) is 12.4. The summed E-state index contributed by atoms with van der Waals surface area (Å²) < 4.78 is 5.61. The Labute approximate surface area is 167 Å². The molecule has 0 unspecified atom stereocenters. The first-order valence-electron chi connectivity index (χ1n) is 8.72. The Morgan fingerprint density at radius 2 is 1.89 bits per heavy atom. The third kappa shape index (κ3) is 5.58. The van der Waals surface area contributed by atoms with E-state index in [0.29, 0.717) is 16.1 Å². The van der Waals surface area contributed by atoms with Crippen molar-refractivity contribution in [1.82, 2.24) is 15.5 Å². The lowest BCUT2D eigenvalue weighted by molar-refractivity contribution is -0.119. The van der Waals surface area contributed by atoms with E-state index in [9.17, 15) is 4.79 Å². The fraction of sp³-hybridized carbons (Fsp3) is 0.250. The number of carbonyl (C=O) groups is 1. The zero-order valence-corrected chi connectivity index (χ0v) is 16.5. The van der Waals surface area contributed by atoms with E-state index in [1.54, 1.807) is 12.1 Å². The quantitative estimate of drug-likeness (QED) is 0.529. The van der Waals surface area contributed by atoms with Crippen LogP contribution in [0.5, 0.6) is 0 Å². The second kappa shape index (κ2) is 9.58. The fourth-order valence-corrected chi connectivity index (χ4v) is 3.34. The number of nitrogens with zero attached hydrogens (tertiary/aromatic N) is 2. The van der Waals surface area contributed by atoms with Crippen LogP contribution in [0.1, 0.15) is 31.4 Å². The molecule has 0 radical (unpaired) electrons. The standard InChI is InChI=1S/C20H20ClN3O2S/c1-2-6-17(14-7-4-3-5-8-14)22-18(25)13-27-20-24-23-19(26-20)15-9-11-16(21)12-10-15/h3-5,7-12,17H,2,6,13H2,1H3,(H,22,25)/t17-/m1/s1. The van der Waals surface area contributed by atoms with Crippen molar-refractivity contribution in [3.63, 3.8) is 0 Å². The van der Waals surface area contributed by atoms with E-state index in [1.165, 1.54) is 11.8 Å². The smallest absolute Gasteiger partial charge is 0.277 e. The lowest BCUT2D eigenvalue weighted by atomic mass is 10.0. The second-order valence-electron chi connectivity index (χ2n) is 5.99. The van der Waals surface area contributed by atoms with Crippen LogP contribution in [-0.2, 0) is 4.79 Å². The fourth-order valence-electron chi connectivity index (χ4n) is 2.64. The molecule has 0 fully saturated rings. The summed E-state index contributed by atoms with van der Waals surface area (Å²) in [7, 11) is 0. The lowest BCUT2D eigenvalue weighted by Gasteiger charge is -2.18. The number of amides is 1. The molecule has 0 saturated heterocycles. The average Bonchev–Trinajstić information content (AvgIpc) is 3.16. The van der Waals surface area contributed by atoms with Crippen molar-refractivity contribution < 1.29 is 9.21 Å². The SMILES string of the molecule is CCC[C@@H](NC(=O)CSc1nnc(-c2ccc(Cl)cc2)o1)c1ccccc1. The number of thioether (sulfide) groups is 1. The molecule has 0 aliphatic rings. The van der Waals surface area contributed by atoms with Gasteiger partial charge in [0.15, 0.2) is 0 Å². The van der Waals surface area contributed by atoms with Crippen LogP contribution in [0.25, 0.3) is 11.5 Å². The molecule has 3 rings (SSSR count). The van der Waals surface area contributed by atoms with Crippen molar-refractivity contribution in [2.45, 2.75) is 31.0 Å². The molecule has 1 amide bonds. The van der Waals surface area contributed by atoms with Crippen LogP contribution in [0.4, 0.5) is 0 Å². The molecule has 140 valence electrons. The summed E-state index contributed by atoms with van der Waals surface area (Å²) in [5.41, 5.74) is 1.90. The van der Waals surface area contributed by atoms with Crippen LogP contribution < -0.4 is 5.32 Å². The van der Waals surface area contributed by atoms with Gasteiger partial charge in [0.25, 0.3) is 5.22 Å². The summed E-state index contributed by atoms with van der Waals surface area (Å²) in [6, 6.07) is 17.2. The first-order chi connectivity index (χ1) is 13.2. The van der Waals surface area contributed by atoms with E-state index >= 15 is 0 Å². The van der Waals surface area contributed by atoms with E-state index in [1.807, 2.05) is 42.5 Å². The van der Waals surface area contributed by atoms with Gasteiger partial charge in [-0.3, -0.25) is 4.79 Å². The molecule has 1 aromatic heterocycles. The minimum Gasteiger partial charge on any atom is -0.411 e. The van der Waals surface area contributed by atoms with Crippen LogP contribution in [-0.4, -0.2) is 21.9 Å². The number of rotatable bonds is 8. The third-order valence-electron chi connectivity index (χ3n) is 3.94. The Balaban J connectivity index is 1.56. The number of hydrogen-bond acceptors (Lipinski definition) is 5. The monoisotopic (exact) mass is 401 g/mol. The molecule has 2 aromatic carbocycles. The third-order valence-corrected chi connectivity index (χ3v) is 5.01. The van der Waals surface area contributed by atoms with E-state index in [4.69, 9.17) is 16.0 Å². The van der Waals surface area contributed by atoms with Crippen LogP contribution in [0, 0.1) is 0 Å². The molecular weight excluding hydrogens is 382 g/mol. The summed E-state index contributed by atoms with van der Waals surface area (Å²) in [6.45, 7) is 2.10. The molecular formula is C20H20ClN3O2S. The highest BCUT2D eigenvalue weighted by atomic mass is 35.5. The normalized spacial score (nSPS) is 11.9. The largest absolute Gasteiger partial charge is 0.411 e. The zero-order valence-electron chi connectivity index (χ0n) is 14.9. The number of nitrogens with one attached hydrogen (secondary N) is 1. The Hall–Kier alpha value is -2.31. The lowest BCUT2D eigenvalue weighted by Crippen LogP contribution is -2.29. The zero-order chi connectivity index (χ0) is 19.1. The van der Waals surface area contributed by atoms with Crippen molar-refractivity contribution in [2.24, 2.45) is 0 Å². The highest BCUT2D eigenvalue weighted by Crippen LogP contribution is 2.25. The van der Waals surface area contributed by atoms with Gasteiger partial charge in [-0.15, -0.1) is 10.2 Å². The molecule has 27 heavy (non-hydrogen) atoms. The van der Waals surface area contributed by atoms with E-state index in [0.717, 1.165) is 24.0 Å². The summed E-state index contributed by atoms with van der Waals surface area (Å²) in [5, 5.41) is 12.1. The van der Waals surface area contributed by atoms with Crippen LogP contribution in [0.15, 0.2) is 64.2 Å². The highest BCUT2D eigenvalue weighted by Gasteiger charge is 2.15. The first-order valence-corrected chi connectivity index (χ1v) is 10.1. The van der Waals surface area contributed by atoms with Crippen molar-refractivity contribution >= 4 is 29.3 Å². The van der Waals surface area contributed by atoms with Gasteiger partial charge in [0.1, 0.15) is 0 Å². The summed E-state index contributed by atoms with van der Waals surface area (Å²) in [6.07, 6.45) is 1.88. The predicted octanol–water partition coefficient (Wildman–Crippen LogP) is 5.14. The first kappa shape index (κ1) is 19.5. The number of carbonyl (C=O) groups excluding carboxylic acids is 1. The van der Waals surface area contributed by atoms with Gasteiger partial charge in [-0.25, -0.2) is 0 Å². The van der Waals surface area contributed by atoms with E-state index in [2.05, 4.69) is 22.4 Å². The molecule has 0 bridgehead atoms. The maximum Gasteiger partial charge on any atom is 0.277 e. The van der Waals surface area contributed by atoms with Crippen molar-refractivity contribution in [3.8, 4) is 11.5 Å². The molecule has 1 atom stereocenters. The van der Waals surface area contributed by atoms with Crippen molar-refractivity contribution in [3.05, 3.63) is 65.2 Å². The molecule has 0 spiro atoms. The molecule has 0 saturated carbocycles. The minimum absolute atomic E-state index is 0.0108. The number of aromatic nitrogens is 2. The Kier molecular flexibility index (Phi) is 6.90. The molecule has 1 heterocycles. The van der Waals surface area contributed by atoms with E-state index in [-0.39, 0.29) is 17.7 Å². The van der Waals surface area contributed by atoms with Crippen molar-refractivity contribution in [2.75, 3.05) is 5.75 Å².